The summed E-state index contributed by atoms with van der Waals surface area (Å²) in [5.74, 6) is -0.742. The van der Waals surface area contributed by atoms with Gasteiger partial charge in [0, 0.05) is 25.6 Å². The number of aryl methyl sites for hydroxylation is 1. The number of carbonyl (C=O) groups is 1. The van der Waals surface area contributed by atoms with Crippen LogP contribution in [0.5, 0.6) is 0 Å². The second kappa shape index (κ2) is 6.78. The zero-order valence-corrected chi connectivity index (χ0v) is 14.2. The highest BCUT2D eigenvalue weighted by atomic mass is 19.1. The van der Waals surface area contributed by atoms with Crippen LogP contribution >= 0.6 is 0 Å². The smallest absolute Gasteiger partial charge is 0.408 e. The number of para-hydroxylation sites is 2. The van der Waals surface area contributed by atoms with Gasteiger partial charge in [0.2, 0.25) is 5.91 Å². The molecule has 1 aromatic heterocycles. The molecule has 1 heterocycles. The molecular weight excluding hydrogens is 335 g/mol. The Morgan fingerprint density at radius 2 is 1.88 bits per heavy atom. The van der Waals surface area contributed by atoms with E-state index in [-0.39, 0.29) is 30.7 Å². The van der Waals surface area contributed by atoms with Crippen LogP contribution in [0, 0.1) is 5.82 Å². The lowest BCUT2D eigenvalue weighted by Crippen LogP contribution is -2.33. The van der Waals surface area contributed by atoms with Gasteiger partial charge in [0.15, 0.2) is 5.58 Å². The van der Waals surface area contributed by atoms with Crippen LogP contribution in [0.4, 0.5) is 4.39 Å². The lowest BCUT2D eigenvalue weighted by molar-refractivity contribution is -0.132. The van der Waals surface area contributed by atoms with Crippen molar-refractivity contribution in [1.82, 2.24) is 9.47 Å². The Balaban J connectivity index is 1.47. The fourth-order valence-corrected chi connectivity index (χ4v) is 3.17. The van der Waals surface area contributed by atoms with Crippen LogP contribution in [0.25, 0.3) is 11.1 Å². The Labute approximate surface area is 149 Å². The SMILES string of the molecule is O=C(CCn1c(=O)oc2ccccc21)N(Cc1ccc(F)cc1)C1CC1. The molecule has 1 amide bonds. The van der Waals surface area contributed by atoms with E-state index in [1.54, 1.807) is 24.3 Å². The summed E-state index contributed by atoms with van der Waals surface area (Å²) in [6.45, 7) is 0.742. The molecule has 0 N–H and O–H groups in total. The summed E-state index contributed by atoms with van der Waals surface area (Å²) in [6.07, 6.45) is 2.20. The van der Waals surface area contributed by atoms with Crippen LogP contribution in [0.1, 0.15) is 24.8 Å². The summed E-state index contributed by atoms with van der Waals surface area (Å²) in [7, 11) is 0. The Kier molecular flexibility index (Phi) is 4.32. The fourth-order valence-electron chi connectivity index (χ4n) is 3.17. The van der Waals surface area contributed by atoms with Gasteiger partial charge in [-0.3, -0.25) is 9.36 Å². The van der Waals surface area contributed by atoms with Gasteiger partial charge in [-0.15, -0.1) is 0 Å². The average molecular weight is 354 g/mol. The van der Waals surface area contributed by atoms with Crippen molar-refractivity contribution in [1.29, 1.82) is 0 Å². The molecule has 0 saturated heterocycles. The highest BCUT2D eigenvalue weighted by Gasteiger charge is 2.32. The summed E-state index contributed by atoms with van der Waals surface area (Å²) < 4.78 is 19.8. The maximum Gasteiger partial charge on any atom is 0.419 e. The van der Waals surface area contributed by atoms with Crippen molar-refractivity contribution in [3.05, 3.63) is 70.5 Å². The number of benzene rings is 2. The van der Waals surface area contributed by atoms with Crippen molar-refractivity contribution in [2.45, 2.75) is 38.4 Å². The first kappa shape index (κ1) is 16.6. The van der Waals surface area contributed by atoms with Gasteiger partial charge in [0.05, 0.1) is 5.52 Å². The predicted molar refractivity (Wildman–Crippen MR) is 95.1 cm³/mol. The first-order valence-electron chi connectivity index (χ1n) is 8.74. The number of fused-ring (bicyclic) bond motifs is 1. The molecule has 1 fully saturated rings. The standard InChI is InChI=1S/C20H19FN2O3/c21-15-7-5-14(6-8-15)13-23(16-9-10-16)19(24)11-12-22-17-3-1-2-4-18(17)26-20(22)25/h1-8,16H,9-13H2. The molecule has 0 atom stereocenters. The normalized spacial score (nSPS) is 13.9. The average Bonchev–Trinajstić information content (AvgIpc) is 3.42. The summed E-state index contributed by atoms with van der Waals surface area (Å²) in [6, 6.07) is 13.6. The molecule has 26 heavy (non-hydrogen) atoms. The maximum absolute atomic E-state index is 13.1. The van der Waals surface area contributed by atoms with E-state index in [0.717, 1.165) is 18.4 Å². The first-order valence-corrected chi connectivity index (χ1v) is 8.74. The highest BCUT2D eigenvalue weighted by Crippen LogP contribution is 2.29. The molecule has 0 bridgehead atoms. The van der Waals surface area contributed by atoms with Crippen molar-refractivity contribution in [3.63, 3.8) is 0 Å². The molecule has 1 aliphatic rings. The number of rotatable bonds is 6. The van der Waals surface area contributed by atoms with Crippen molar-refractivity contribution < 1.29 is 13.6 Å². The van der Waals surface area contributed by atoms with Crippen molar-refractivity contribution in [2.24, 2.45) is 0 Å². The van der Waals surface area contributed by atoms with Gasteiger partial charge in [0.25, 0.3) is 0 Å². The third-order valence-electron chi connectivity index (χ3n) is 4.70. The van der Waals surface area contributed by atoms with Gasteiger partial charge >= 0.3 is 5.76 Å². The van der Waals surface area contributed by atoms with E-state index in [1.165, 1.54) is 16.7 Å². The largest absolute Gasteiger partial charge is 0.419 e. The molecule has 0 unspecified atom stereocenters. The summed E-state index contributed by atoms with van der Waals surface area (Å²) in [5.41, 5.74) is 2.12. The predicted octanol–water partition coefficient (Wildman–Crippen LogP) is 3.31. The molecule has 5 nitrogen and oxygen atoms in total. The minimum Gasteiger partial charge on any atom is -0.408 e. The number of aromatic nitrogens is 1. The molecule has 0 radical (unpaired) electrons. The number of halogens is 1. The monoisotopic (exact) mass is 354 g/mol. The zero-order chi connectivity index (χ0) is 18.1. The maximum atomic E-state index is 13.1. The van der Waals surface area contributed by atoms with E-state index >= 15 is 0 Å². The van der Waals surface area contributed by atoms with Crippen LogP contribution < -0.4 is 5.76 Å². The third-order valence-corrected chi connectivity index (χ3v) is 4.70. The molecule has 134 valence electrons. The Morgan fingerprint density at radius 3 is 2.62 bits per heavy atom. The van der Waals surface area contributed by atoms with E-state index in [1.807, 2.05) is 17.0 Å². The minimum absolute atomic E-state index is 0.00555. The van der Waals surface area contributed by atoms with Crippen molar-refractivity contribution >= 4 is 17.0 Å². The highest BCUT2D eigenvalue weighted by molar-refractivity contribution is 5.77. The van der Waals surface area contributed by atoms with Gasteiger partial charge in [0.1, 0.15) is 5.82 Å². The number of hydrogen-bond acceptors (Lipinski definition) is 3. The van der Waals surface area contributed by atoms with Gasteiger partial charge in [-0.1, -0.05) is 24.3 Å². The van der Waals surface area contributed by atoms with Crippen LogP contribution in [0.15, 0.2) is 57.7 Å². The Bertz CT molecular complexity index is 986. The molecule has 4 rings (SSSR count). The van der Waals surface area contributed by atoms with Crippen molar-refractivity contribution in [2.75, 3.05) is 0 Å². The van der Waals surface area contributed by atoms with E-state index in [9.17, 15) is 14.0 Å². The van der Waals surface area contributed by atoms with Gasteiger partial charge in [-0.25, -0.2) is 9.18 Å². The number of nitrogens with zero attached hydrogens (tertiary/aromatic N) is 2. The molecule has 6 heteroatoms. The second-order valence-corrected chi connectivity index (χ2v) is 6.62. The quantitative estimate of drug-likeness (QED) is 0.682. The van der Waals surface area contributed by atoms with Gasteiger partial charge in [-0.05, 0) is 42.7 Å². The Hall–Kier alpha value is -2.89. The molecule has 0 aliphatic heterocycles. The lowest BCUT2D eigenvalue weighted by Gasteiger charge is -2.22. The fraction of sp³-hybridized carbons (Fsp3) is 0.300. The Morgan fingerprint density at radius 1 is 1.15 bits per heavy atom. The molecule has 3 aromatic rings. The summed E-state index contributed by atoms with van der Waals surface area (Å²) in [4.78, 5) is 26.6. The van der Waals surface area contributed by atoms with Gasteiger partial charge < -0.3 is 9.32 Å². The van der Waals surface area contributed by atoms with Crippen LogP contribution in [-0.4, -0.2) is 21.4 Å². The minimum atomic E-state index is -0.449. The van der Waals surface area contributed by atoms with E-state index < -0.39 is 5.76 Å². The topological polar surface area (TPSA) is 55.5 Å². The molecule has 2 aromatic carbocycles. The number of amides is 1. The third kappa shape index (κ3) is 3.40. The molecule has 1 saturated carbocycles. The molecule has 1 aliphatic carbocycles. The van der Waals surface area contributed by atoms with E-state index in [4.69, 9.17) is 4.42 Å². The molecule has 0 spiro atoms. The van der Waals surface area contributed by atoms with E-state index in [0.29, 0.717) is 17.6 Å². The number of hydrogen-bond donors (Lipinski definition) is 0. The number of oxazole rings is 1. The van der Waals surface area contributed by atoms with Crippen molar-refractivity contribution in [3.8, 4) is 0 Å². The van der Waals surface area contributed by atoms with Crippen LogP contribution in [0.2, 0.25) is 0 Å². The summed E-state index contributed by atoms with van der Waals surface area (Å²) in [5, 5.41) is 0. The second-order valence-electron chi connectivity index (χ2n) is 6.62. The lowest BCUT2D eigenvalue weighted by atomic mass is 10.2. The van der Waals surface area contributed by atoms with Crippen LogP contribution in [0.3, 0.4) is 0 Å². The molecular formula is C20H19FN2O3. The van der Waals surface area contributed by atoms with E-state index in [2.05, 4.69) is 0 Å². The van der Waals surface area contributed by atoms with Gasteiger partial charge in [-0.2, -0.15) is 0 Å². The number of carbonyl (C=O) groups excluding carboxylic acids is 1. The summed E-state index contributed by atoms with van der Waals surface area (Å²) >= 11 is 0. The van der Waals surface area contributed by atoms with Crippen LogP contribution in [-0.2, 0) is 17.9 Å². The first-order chi connectivity index (χ1) is 12.6. The zero-order valence-electron chi connectivity index (χ0n) is 14.2.